The molecule has 0 aromatic heterocycles. The van der Waals surface area contributed by atoms with Crippen molar-refractivity contribution in [3.8, 4) is 0 Å². The van der Waals surface area contributed by atoms with E-state index in [0.717, 1.165) is 16.9 Å². The van der Waals surface area contributed by atoms with Crippen molar-refractivity contribution in [2.45, 2.75) is 26.3 Å². The summed E-state index contributed by atoms with van der Waals surface area (Å²) in [4.78, 5) is 2.06. The molecule has 0 amide bonds. The number of aryl methyl sites for hydroxylation is 1. The number of benzene rings is 1. The van der Waals surface area contributed by atoms with E-state index in [4.69, 9.17) is 5.73 Å². The molecular formula is C12H20N2O. The van der Waals surface area contributed by atoms with Gasteiger partial charge in [-0.05, 0) is 44.5 Å². The molecule has 1 rings (SSSR count). The predicted molar refractivity (Wildman–Crippen MR) is 65.2 cm³/mol. The third-order valence-electron chi connectivity index (χ3n) is 2.94. The highest BCUT2D eigenvalue weighted by Crippen LogP contribution is 2.25. The minimum absolute atomic E-state index is 0.118. The van der Waals surface area contributed by atoms with Crippen molar-refractivity contribution in [2.24, 2.45) is 0 Å². The number of aliphatic hydroxyl groups excluding tert-OH is 1. The number of rotatable bonds is 3. The van der Waals surface area contributed by atoms with Gasteiger partial charge < -0.3 is 15.7 Å². The molecule has 3 heteroatoms. The Kier molecular flexibility index (Phi) is 3.25. The summed E-state index contributed by atoms with van der Waals surface area (Å²) in [5, 5.41) is 9.28. The van der Waals surface area contributed by atoms with Crippen molar-refractivity contribution < 1.29 is 5.11 Å². The van der Waals surface area contributed by atoms with Crippen molar-refractivity contribution in [1.82, 2.24) is 0 Å². The molecule has 0 fully saturated rings. The lowest BCUT2D eigenvalue weighted by Gasteiger charge is -2.36. The number of nitrogens with zero attached hydrogens (tertiary/aromatic N) is 1. The Morgan fingerprint density at radius 3 is 2.47 bits per heavy atom. The average molecular weight is 208 g/mol. The van der Waals surface area contributed by atoms with E-state index < -0.39 is 0 Å². The number of likely N-dealkylation sites (N-methyl/N-ethyl adjacent to an activating group) is 1. The Bertz CT molecular complexity index is 347. The van der Waals surface area contributed by atoms with Crippen LogP contribution in [0.2, 0.25) is 0 Å². The number of anilines is 2. The normalized spacial score (nSPS) is 11.5. The molecule has 0 heterocycles. The van der Waals surface area contributed by atoms with Gasteiger partial charge in [-0.1, -0.05) is 0 Å². The van der Waals surface area contributed by atoms with E-state index in [1.807, 2.05) is 46.0 Å². The van der Waals surface area contributed by atoms with E-state index in [-0.39, 0.29) is 12.1 Å². The van der Waals surface area contributed by atoms with Crippen molar-refractivity contribution in [3.63, 3.8) is 0 Å². The van der Waals surface area contributed by atoms with Gasteiger partial charge in [-0.15, -0.1) is 0 Å². The fraction of sp³-hybridized carbons (Fsp3) is 0.500. The molecule has 0 aliphatic rings. The Labute approximate surface area is 91.5 Å². The van der Waals surface area contributed by atoms with E-state index in [1.165, 1.54) is 0 Å². The van der Waals surface area contributed by atoms with E-state index in [2.05, 4.69) is 4.90 Å². The molecule has 0 unspecified atom stereocenters. The maximum absolute atomic E-state index is 9.28. The lowest BCUT2D eigenvalue weighted by Crippen LogP contribution is -2.44. The van der Waals surface area contributed by atoms with Crippen molar-refractivity contribution in [2.75, 3.05) is 24.3 Å². The van der Waals surface area contributed by atoms with Crippen LogP contribution in [0.5, 0.6) is 0 Å². The zero-order valence-corrected chi connectivity index (χ0v) is 9.91. The Morgan fingerprint density at radius 1 is 1.40 bits per heavy atom. The molecule has 1 aromatic rings. The number of nitrogen functional groups attached to an aromatic ring is 1. The Hall–Kier alpha value is -1.22. The number of aliphatic hydroxyl groups is 1. The molecular weight excluding hydrogens is 188 g/mol. The van der Waals surface area contributed by atoms with Crippen LogP contribution < -0.4 is 10.6 Å². The minimum atomic E-state index is -0.261. The molecule has 15 heavy (non-hydrogen) atoms. The van der Waals surface area contributed by atoms with Crippen LogP contribution in [-0.2, 0) is 0 Å². The van der Waals surface area contributed by atoms with E-state index in [9.17, 15) is 5.11 Å². The average Bonchev–Trinajstić information content (AvgIpc) is 2.21. The first-order chi connectivity index (χ1) is 6.88. The smallest absolute Gasteiger partial charge is 0.0658 e. The second kappa shape index (κ2) is 4.11. The summed E-state index contributed by atoms with van der Waals surface area (Å²) in [7, 11) is 1.97. The maximum atomic E-state index is 9.28. The summed E-state index contributed by atoms with van der Waals surface area (Å²) < 4.78 is 0. The van der Waals surface area contributed by atoms with Crippen molar-refractivity contribution >= 4 is 11.4 Å². The molecule has 3 nitrogen and oxygen atoms in total. The van der Waals surface area contributed by atoms with Crippen molar-refractivity contribution in [3.05, 3.63) is 23.8 Å². The molecule has 0 aliphatic carbocycles. The molecule has 0 aliphatic heterocycles. The first kappa shape index (κ1) is 11.9. The van der Waals surface area contributed by atoms with Gasteiger partial charge >= 0.3 is 0 Å². The van der Waals surface area contributed by atoms with Gasteiger partial charge in [0.15, 0.2) is 0 Å². The van der Waals surface area contributed by atoms with Crippen LogP contribution in [0, 0.1) is 6.92 Å². The second-order valence-corrected chi connectivity index (χ2v) is 4.57. The topological polar surface area (TPSA) is 49.5 Å². The Balaban J connectivity index is 3.02. The molecule has 84 valence electrons. The van der Waals surface area contributed by atoms with Gasteiger partial charge in [0, 0.05) is 18.4 Å². The van der Waals surface area contributed by atoms with Crippen molar-refractivity contribution in [1.29, 1.82) is 0 Å². The van der Waals surface area contributed by atoms with Gasteiger partial charge in [0.2, 0.25) is 0 Å². The SMILES string of the molecule is Cc1cc(N(C)C(C)(C)CO)ccc1N. The van der Waals surface area contributed by atoms with Gasteiger partial charge in [-0.25, -0.2) is 0 Å². The van der Waals surface area contributed by atoms with E-state index >= 15 is 0 Å². The first-order valence-electron chi connectivity index (χ1n) is 5.09. The highest BCUT2D eigenvalue weighted by Gasteiger charge is 2.22. The second-order valence-electron chi connectivity index (χ2n) is 4.57. The summed E-state index contributed by atoms with van der Waals surface area (Å²) in [6.07, 6.45) is 0. The molecule has 0 saturated carbocycles. The van der Waals surface area contributed by atoms with Gasteiger partial charge in [0.1, 0.15) is 0 Å². The van der Waals surface area contributed by atoms with Gasteiger partial charge in [-0.3, -0.25) is 0 Å². The fourth-order valence-corrected chi connectivity index (χ4v) is 1.32. The summed E-state index contributed by atoms with van der Waals surface area (Å²) in [5.41, 5.74) is 8.43. The molecule has 0 spiro atoms. The zero-order valence-electron chi connectivity index (χ0n) is 9.91. The molecule has 3 N–H and O–H groups in total. The van der Waals surface area contributed by atoms with Crippen LogP contribution in [0.15, 0.2) is 18.2 Å². The van der Waals surface area contributed by atoms with Crippen LogP contribution in [0.25, 0.3) is 0 Å². The molecule has 0 atom stereocenters. The van der Waals surface area contributed by atoms with E-state index in [1.54, 1.807) is 0 Å². The number of hydrogen-bond donors (Lipinski definition) is 2. The standard InChI is InChI=1S/C12H20N2O/c1-9-7-10(5-6-11(9)13)14(4)12(2,3)8-15/h5-7,15H,8,13H2,1-4H3. The fourth-order valence-electron chi connectivity index (χ4n) is 1.32. The number of hydrogen-bond acceptors (Lipinski definition) is 3. The predicted octanol–water partition coefficient (Wildman–Crippen LogP) is 1.78. The summed E-state index contributed by atoms with van der Waals surface area (Å²) in [6.45, 7) is 6.10. The van der Waals surface area contributed by atoms with Gasteiger partial charge in [0.05, 0.1) is 12.1 Å². The van der Waals surface area contributed by atoms with Crippen LogP contribution in [0.3, 0.4) is 0 Å². The van der Waals surface area contributed by atoms with Crippen LogP contribution in [0.4, 0.5) is 11.4 Å². The largest absolute Gasteiger partial charge is 0.399 e. The zero-order chi connectivity index (χ0) is 11.6. The highest BCUT2D eigenvalue weighted by molar-refractivity contribution is 5.58. The lowest BCUT2D eigenvalue weighted by molar-refractivity contribution is 0.216. The van der Waals surface area contributed by atoms with E-state index in [0.29, 0.717) is 0 Å². The monoisotopic (exact) mass is 208 g/mol. The lowest BCUT2D eigenvalue weighted by atomic mass is 10.0. The quantitative estimate of drug-likeness (QED) is 0.744. The maximum Gasteiger partial charge on any atom is 0.0658 e. The van der Waals surface area contributed by atoms with Crippen LogP contribution >= 0.6 is 0 Å². The third kappa shape index (κ3) is 2.42. The minimum Gasteiger partial charge on any atom is -0.399 e. The number of nitrogens with two attached hydrogens (primary N) is 1. The first-order valence-corrected chi connectivity index (χ1v) is 5.09. The molecule has 0 saturated heterocycles. The van der Waals surface area contributed by atoms with Gasteiger partial charge in [-0.2, -0.15) is 0 Å². The van der Waals surface area contributed by atoms with Crippen LogP contribution in [0.1, 0.15) is 19.4 Å². The van der Waals surface area contributed by atoms with Crippen LogP contribution in [-0.4, -0.2) is 24.3 Å². The van der Waals surface area contributed by atoms with Gasteiger partial charge in [0.25, 0.3) is 0 Å². The molecule has 0 bridgehead atoms. The molecule has 1 aromatic carbocycles. The third-order valence-corrected chi connectivity index (χ3v) is 2.94. The summed E-state index contributed by atoms with van der Waals surface area (Å²) in [5.74, 6) is 0. The Morgan fingerprint density at radius 2 is 2.00 bits per heavy atom. The molecule has 0 radical (unpaired) electrons. The summed E-state index contributed by atoms with van der Waals surface area (Å²) in [6, 6.07) is 5.90. The summed E-state index contributed by atoms with van der Waals surface area (Å²) >= 11 is 0. The highest BCUT2D eigenvalue weighted by atomic mass is 16.3.